The van der Waals surface area contributed by atoms with Crippen molar-refractivity contribution in [1.82, 2.24) is 0 Å². The Kier molecular flexibility index (Phi) is 6.16. The first-order chi connectivity index (χ1) is 10.9. The van der Waals surface area contributed by atoms with E-state index in [1.807, 2.05) is 34.6 Å². The van der Waals surface area contributed by atoms with Crippen LogP contribution >= 0.6 is 0 Å². The molecule has 4 saturated carbocycles. The minimum absolute atomic E-state index is 0.129. The molecular formula is C20H36O3. The van der Waals surface area contributed by atoms with Crippen molar-refractivity contribution in [2.24, 2.45) is 28.6 Å². The molecule has 4 bridgehead atoms. The van der Waals surface area contributed by atoms with Gasteiger partial charge < -0.3 is 9.47 Å². The van der Waals surface area contributed by atoms with Crippen molar-refractivity contribution in [3.63, 3.8) is 0 Å². The Morgan fingerprint density at radius 3 is 1.96 bits per heavy atom. The van der Waals surface area contributed by atoms with Crippen molar-refractivity contribution < 1.29 is 14.3 Å². The lowest BCUT2D eigenvalue weighted by molar-refractivity contribution is -0.175. The molecule has 0 atom stereocenters. The monoisotopic (exact) mass is 324 g/mol. The summed E-state index contributed by atoms with van der Waals surface area (Å²) in [5.41, 5.74) is 0.00543. The van der Waals surface area contributed by atoms with Gasteiger partial charge in [0, 0.05) is 0 Å². The van der Waals surface area contributed by atoms with Gasteiger partial charge in [-0.3, -0.25) is 4.79 Å². The average molecular weight is 325 g/mol. The van der Waals surface area contributed by atoms with E-state index in [1.54, 1.807) is 0 Å². The maximum Gasteiger partial charge on any atom is 0.313 e. The average Bonchev–Trinajstić information content (AvgIpc) is 2.52. The minimum Gasteiger partial charge on any atom is -0.438 e. The zero-order chi connectivity index (χ0) is 17.1. The van der Waals surface area contributed by atoms with E-state index in [4.69, 9.17) is 9.47 Å². The van der Waals surface area contributed by atoms with Crippen LogP contribution < -0.4 is 0 Å². The smallest absolute Gasteiger partial charge is 0.313 e. The number of hydrogen-bond acceptors (Lipinski definition) is 3. The number of carbonyl (C=O) groups is 1. The predicted molar refractivity (Wildman–Crippen MR) is 92.9 cm³/mol. The number of ether oxygens (including phenoxy) is 2. The van der Waals surface area contributed by atoms with E-state index >= 15 is 0 Å². The highest BCUT2D eigenvalue weighted by molar-refractivity contribution is 5.75. The van der Waals surface area contributed by atoms with Crippen LogP contribution in [-0.4, -0.2) is 19.4 Å². The van der Waals surface area contributed by atoms with Gasteiger partial charge in [-0.2, -0.15) is 0 Å². The summed E-state index contributed by atoms with van der Waals surface area (Å²) in [5.74, 6) is 2.69. The van der Waals surface area contributed by atoms with Crippen LogP contribution in [0.5, 0.6) is 0 Å². The predicted octanol–water partition coefficient (Wildman–Crippen LogP) is 5.18. The molecule has 4 rings (SSSR count). The quantitative estimate of drug-likeness (QED) is 0.383. The first kappa shape index (κ1) is 18.8. The fourth-order valence-electron chi connectivity index (χ4n) is 5.16. The number of rotatable bonds is 6. The van der Waals surface area contributed by atoms with Gasteiger partial charge in [0.15, 0.2) is 6.79 Å². The second-order valence-corrected chi connectivity index (χ2v) is 8.55. The van der Waals surface area contributed by atoms with Crippen LogP contribution in [0.2, 0.25) is 0 Å². The standard InChI is InChI=1S/C18H30O3.C2H6/c1-4-17(2,3)16(19)21-12-20-11-18-8-13-5-14(9-18)7-15(6-13)10-18;1-2/h13-15H,4-12H2,1-3H3;1-2H3. The third-order valence-electron chi connectivity index (χ3n) is 6.28. The molecule has 0 heterocycles. The highest BCUT2D eigenvalue weighted by Gasteiger charge is 2.50. The van der Waals surface area contributed by atoms with Crippen LogP contribution in [0.25, 0.3) is 0 Å². The molecule has 4 aliphatic carbocycles. The van der Waals surface area contributed by atoms with Crippen molar-refractivity contribution >= 4 is 5.97 Å². The van der Waals surface area contributed by atoms with Gasteiger partial charge in [0.05, 0.1) is 12.0 Å². The maximum atomic E-state index is 11.9. The fraction of sp³-hybridized carbons (Fsp3) is 0.950. The topological polar surface area (TPSA) is 35.5 Å². The zero-order valence-corrected chi connectivity index (χ0v) is 15.8. The Balaban J connectivity index is 0.000000924. The molecule has 0 amide bonds. The van der Waals surface area contributed by atoms with Gasteiger partial charge in [0.25, 0.3) is 0 Å². The molecule has 0 saturated heterocycles. The molecule has 4 fully saturated rings. The fourth-order valence-corrected chi connectivity index (χ4v) is 5.16. The van der Waals surface area contributed by atoms with Crippen LogP contribution in [0.1, 0.15) is 79.6 Å². The van der Waals surface area contributed by atoms with Gasteiger partial charge in [-0.15, -0.1) is 0 Å². The van der Waals surface area contributed by atoms with Crippen molar-refractivity contribution in [1.29, 1.82) is 0 Å². The second kappa shape index (κ2) is 7.55. The molecule has 0 aromatic carbocycles. The van der Waals surface area contributed by atoms with Gasteiger partial charge in [-0.25, -0.2) is 0 Å². The summed E-state index contributed by atoms with van der Waals surface area (Å²) in [7, 11) is 0. The Morgan fingerprint density at radius 2 is 1.52 bits per heavy atom. The minimum atomic E-state index is -0.399. The van der Waals surface area contributed by atoms with E-state index < -0.39 is 5.41 Å². The lowest BCUT2D eigenvalue weighted by atomic mass is 9.50. The van der Waals surface area contributed by atoms with Crippen molar-refractivity contribution in [2.75, 3.05) is 13.4 Å². The van der Waals surface area contributed by atoms with Crippen LogP contribution in [0.3, 0.4) is 0 Å². The lowest BCUT2D eigenvalue weighted by Gasteiger charge is -2.56. The van der Waals surface area contributed by atoms with Gasteiger partial charge in [-0.05, 0) is 82.0 Å². The third-order valence-corrected chi connectivity index (χ3v) is 6.28. The van der Waals surface area contributed by atoms with Crippen LogP contribution in [0, 0.1) is 28.6 Å². The highest BCUT2D eigenvalue weighted by Crippen LogP contribution is 2.60. The van der Waals surface area contributed by atoms with Crippen LogP contribution in [0.4, 0.5) is 0 Å². The molecule has 0 N–H and O–H groups in total. The molecule has 0 aromatic rings. The first-order valence-electron chi connectivity index (χ1n) is 9.67. The summed E-state index contributed by atoms with van der Waals surface area (Å²) < 4.78 is 11.1. The lowest BCUT2D eigenvalue weighted by Crippen LogP contribution is -2.48. The van der Waals surface area contributed by atoms with E-state index in [1.165, 1.54) is 38.5 Å². The summed E-state index contributed by atoms with van der Waals surface area (Å²) in [6.07, 6.45) is 9.19. The largest absolute Gasteiger partial charge is 0.438 e. The van der Waals surface area contributed by atoms with Crippen LogP contribution in [-0.2, 0) is 14.3 Å². The molecule has 0 spiro atoms. The summed E-state index contributed by atoms with van der Waals surface area (Å²) in [6, 6.07) is 0. The number of esters is 1. The number of carbonyl (C=O) groups excluding carboxylic acids is 1. The van der Waals surface area contributed by atoms with Crippen molar-refractivity contribution in [3.05, 3.63) is 0 Å². The van der Waals surface area contributed by atoms with Gasteiger partial charge >= 0.3 is 5.97 Å². The van der Waals surface area contributed by atoms with E-state index in [0.717, 1.165) is 30.8 Å². The van der Waals surface area contributed by atoms with E-state index in [2.05, 4.69) is 0 Å². The Hall–Kier alpha value is -0.570. The number of hydrogen-bond donors (Lipinski definition) is 0. The van der Waals surface area contributed by atoms with E-state index in [0.29, 0.717) is 5.41 Å². The van der Waals surface area contributed by atoms with Crippen molar-refractivity contribution in [2.45, 2.75) is 79.6 Å². The zero-order valence-electron chi connectivity index (χ0n) is 15.8. The van der Waals surface area contributed by atoms with Gasteiger partial charge in [0.1, 0.15) is 0 Å². The maximum absolute atomic E-state index is 11.9. The molecule has 0 aromatic heterocycles. The molecule has 134 valence electrons. The molecule has 0 unspecified atom stereocenters. The molecule has 3 heteroatoms. The summed E-state index contributed by atoms with van der Waals surface area (Å²) in [6.45, 7) is 10.8. The Morgan fingerprint density at radius 1 is 1.04 bits per heavy atom. The van der Waals surface area contributed by atoms with Crippen LogP contribution in [0.15, 0.2) is 0 Å². The van der Waals surface area contributed by atoms with E-state index in [-0.39, 0.29) is 12.8 Å². The van der Waals surface area contributed by atoms with Crippen molar-refractivity contribution in [3.8, 4) is 0 Å². The molecule has 3 nitrogen and oxygen atoms in total. The molecule has 4 aliphatic rings. The van der Waals surface area contributed by atoms with Gasteiger partial charge in [0.2, 0.25) is 0 Å². The summed E-state index contributed by atoms with van der Waals surface area (Å²) in [5, 5.41) is 0. The normalized spacial score (nSPS) is 34.7. The third kappa shape index (κ3) is 4.29. The SMILES string of the molecule is CC.CCC(C)(C)C(=O)OCOCC12CC3CC(CC(C3)C1)C2. The summed E-state index contributed by atoms with van der Waals surface area (Å²) in [4.78, 5) is 11.9. The summed E-state index contributed by atoms with van der Waals surface area (Å²) >= 11 is 0. The second-order valence-electron chi connectivity index (χ2n) is 8.55. The van der Waals surface area contributed by atoms with Gasteiger partial charge in [-0.1, -0.05) is 20.8 Å². The molecule has 23 heavy (non-hydrogen) atoms. The molecule has 0 radical (unpaired) electrons. The first-order valence-corrected chi connectivity index (χ1v) is 9.67. The molecule has 0 aliphatic heterocycles. The molecular weight excluding hydrogens is 288 g/mol. The highest BCUT2D eigenvalue weighted by atomic mass is 16.7. The Bertz CT molecular complexity index is 364. The Labute approximate surface area is 142 Å². The van der Waals surface area contributed by atoms with E-state index in [9.17, 15) is 4.79 Å².